The minimum atomic E-state index is -0.395. The van der Waals surface area contributed by atoms with E-state index in [1.54, 1.807) is 0 Å². The van der Waals surface area contributed by atoms with E-state index in [9.17, 15) is 9.59 Å². The first-order valence-electron chi connectivity index (χ1n) is 5.60. The van der Waals surface area contributed by atoms with Crippen molar-refractivity contribution >= 4 is 15.9 Å². The number of hydrogen-bond acceptors (Lipinski definition) is 3. The summed E-state index contributed by atoms with van der Waals surface area (Å²) >= 11 is 3.10. The fraction of sp³-hybridized carbons (Fsp3) is 0.636. The van der Waals surface area contributed by atoms with Gasteiger partial charge in [-0.2, -0.15) is 0 Å². The van der Waals surface area contributed by atoms with Gasteiger partial charge in [0.25, 0.3) is 5.56 Å². The van der Waals surface area contributed by atoms with E-state index < -0.39 is 5.56 Å². The number of nitrogens with zero attached hydrogens (tertiary/aromatic N) is 1. The van der Waals surface area contributed by atoms with Crippen LogP contribution in [0.4, 0.5) is 0 Å². The Balaban J connectivity index is 2.68. The SMILES string of the molecule is CCC(C)(C)NCCn1cc(Br)c(=O)[nH]c1=O. The summed E-state index contributed by atoms with van der Waals surface area (Å²) in [6.45, 7) is 7.53. The second-order valence-corrected chi connectivity index (χ2v) is 5.45. The van der Waals surface area contributed by atoms with Crippen LogP contribution in [-0.2, 0) is 6.54 Å². The molecule has 0 saturated heterocycles. The van der Waals surface area contributed by atoms with Crippen molar-refractivity contribution in [3.05, 3.63) is 31.5 Å². The van der Waals surface area contributed by atoms with E-state index in [0.717, 1.165) is 6.42 Å². The van der Waals surface area contributed by atoms with Crippen molar-refractivity contribution < 1.29 is 0 Å². The summed E-state index contributed by atoms with van der Waals surface area (Å²) in [5.74, 6) is 0. The predicted molar refractivity (Wildman–Crippen MR) is 71.4 cm³/mol. The Morgan fingerprint density at radius 1 is 1.47 bits per heavy atom. The van der Waals surface area contributed by atoms with Gasteiger partial charge in [0, 0.05) is 24.8 Å². The van der Waals surface area contributed by atoms with Crippen LogP contribution >= 0.6 is 15.9 Å². The molecule has 0 bridgehead atoms. The number of aromatic nitrogens is 2. The molecule has 1 heterocycles. The van der Waals surface area contributed by atoms with Gasteiger partial charge in [-0.05, 0) is 36.2 Å². The molecular weight excluding hydrogens is 286 g/mol. The van der Waals surface area contributed by atoms with Gasteiger partial charge in [0.15, 0.2) is 0 Å². The highest BCUT2D eigenvalue weighted by Crippen LogP contribution is 2.05. The van der Waals surface area contributed by atoms with Crippen LogP contribution in [-0.4, -0.2) is 21.6 Å². The molecule has 0 aliphatic rings. The molecule has 0 amide bonds. The molecule has 0 spiro atoms. The molecule has 0 radical (unpaired) electrons. The van der Waals surface area contributed by atoms with Crippen LogP contribution in [0.3, 0.4) is 0 Å². The van der Waals surface area contributed by atoms with Gasteiger partial charge in [0.1, 0.15) is 0 Å². The predicted octanol–water partition coefficient (Wildman–Crippen LogP) is 1.08. The fourth-order valence-corrected chi connectivity index (χ4v) is 1.63. The highest BCUT2D eigenvalue weighted by molar-refractivity contribution is 9.10. The largest absolute Gasteiger partial charge is 0.328 e. The summed E-state index contributed by atoms with van der Waals surface area (Å²) in [5.41, 5.74) is -0.717. The van der Waals surface area contributed by atoms with Gasteiger partial charge in [-0.15, -0.1) is 0 Å². The summed E-state index contributed by atoms with van der Waals surface area (Å²) < 4.78 is 1.84. The molecule has 1 aromatic heterocycles. The van der Waals surface area contributed by atoms with Crippen molar-refractivity contribution in [2.45, 2.75) is 39.3 Å². The molecule has 17 heavy (non-hydrogen) atoms. The lowest BCUT2D eigenvalue weighted by Gasteiger charge is -2.24. The van der Waals surface area contributed by atoms with Crippen LogP contribution in [0.2, 0.25) is 0 Å². The molecular formula is C11H18BrN3O2. The smallest absolute Gasteiger partial charge is 0.310 e. The third kappa shape index (κ3) is 4.12. The Labute approximate surface area is 108 Å². The van der Waals surface area contributed by atoms with Gasteiger partial charge in [-0.1, -0.05) is 6.92 Å². The first-order valence-corrected chi connectivity index (χ1v) is 6.39. The third-order valence-electron chi connectivity index (χ3n) is 2.81. The first-order chi connectivity index (χ1) is 7.85. The molecule has 1 aromatic rings. The molecule has 0 aromatic carbocycles. The van der Waals surface area contributed by atoms with Crippen LogP contribution in [0.15, 0.2) is 20.3 Å². The van der Waals surface area contributed by atoms with Gasteiger partial charge in [0.05, 0.1) is 4.47 Å². The topological polar surface area (TPSA) is 66.9 Å². The monoisotopic (exact) mass is 303 g/mol. The highest BCUT2D eigenvalue weighted by atomic mass is 79.9. The van der Waals surface area contributed by atoms with E-state index in [1.165, 1.54) is 10.8 Å². The molecule has 6 heteroatoms. The van der Waals surface area contributed by atoms with Crippen LogP contribution in [0, 0.1) is 0 Å². The molecule has 1 rings (SSSR count). The maximum atomic E-state index is 11.5. The lowest BCUT2D eigenvalue weighted by molar-refractivity contribution is 0.365. The lowest BCUT2D eigenvalue weighted by Crippen LogP contribution is -2.41. The second kappa shape index (κ2) is 5.64. The van der Waals surface area contributed by atoms with E-state index in [-0.39, 0.29) is 11.2 Å². The second-order valence-electron chi connectivity index (χ2n) is 4.59. The Morgan fingerprint density at radius 3 is 2.71 bits per heavy atom. The fourth-order valence-electron chi connectivity index (χ4n) is 1.29. The summed E-state index contributed by atoms with van der Waals surface area (Å²) in [5, 5.41) is 3.35. The number of rotatable bonds is 5. The molecule has 5 nitrogen and oxygen atoms in total. The van der Waals surface area contributed by atoms with Crippen molar-refractivity contribution in [2.75, 3.05) is 6.54 Å². The molecule has 0 saturated carbocycles. The van der Waals surface area contributed by atoms with E-state index in [4.69, 9.17) is 0 Å². The Kier molecular flexibility index (Phi) is 4.70. The van der Waals surface area contributed by atoms with Crippen molar-refractivity contribution in [3.8, 4) is 0 Å². The number of hydrogen-bond donors (Lipinski definition) is 2. The van der Waals surface area contributed by atoms with Gasteiger partial charge in [-0.25, -0.2) is 4.79 Å². The zero-order valence-corrected chi connectivity index (χ0v) is 11.9. The average Bonchev–Trinajstić information content (AvgIpc) is 2.25. The van der Waals surface area contributed by atoms with E-state index in [0.29, 0.717) is 17.6 Å². The van der Waals surface area contributed by atoms with Gasteiger partial charge in [0.2, 0.25) is 0 Å². The minimum Gasteiger partial charge on any atom is -0.310 e. The molecule has 0 aliphatic heterocycles. The van der Waals surface area contributed by atoms with Crippen LogP contribution in [0.5, 0.6) is 0 Å². The van der Waals surface area contributed by atoms with Crippen LogP contribution in [0.1, 0.15) is 27.2 Å². The molecule has 96 valence electrons. The molecule has 0 fully saturated rings. The normalized spacial score (nSPS) is 11.8. The zero-order valence-electron chi connectivity index (χ0n) is 10.3. The van der Waals surface area contributed by atoms with Gasteiger partial charge >= 0.3 is 5.69 Å². The number of nitrogens with one attached hydrogen (secondary N) is 2. The summed E-state index contributed by atoms with van der Waals surface area (Å²) in [6, 6.07) is 0. The summed E-state index contributed by atoms with van der Waals surface area (Å²) in [7, 11) is 0. The maximum absolute atomic E-state index is 11.5. The summed E-state index contributed by atoms with van der Waals surface area (Å²) in [6.07, 6.45) is 2.53. The average molecular weight is 304 g/mol. The number of aromatic amines is 1. The quantitative estimate of drug-likeness (QED) is 0.855. The van der Waals surface area contributed by atoms with E-state index in [1.807, 2.05) is 0 Å². The Bertz CT molecular complexity index is 490. The standard InChI is InChI=1S/C11H18BrN3O2/c1-4-11(2,3)13-5-6-15-7-8(12)9(16)14-10(15)17/h7,13H,4-6H2,1-3H3,(H,14,16,17). The Hall–Kier alpha value is -0.880. The van der Waals surface area contributed by atoms with Crippen molar-refractivity contribution in [2.24, 2.45) is 0 Å². The molecule has 0 unspecified atom stereocenters. The molecule has 0 aliphatic carbocycles. The third-order valence-corrected chi connectivity index (χ3v) is 3.37. The Morgan fingerprint density at radius 2 is 2.12 bits per heavy atom. The summed E-state index contributed by atoms with van der Waals surface area (Å²) in [4.78, 5) is 24.9. The maximum Gasteiger partial charge on any atom is 0.328 e. The van der Waals surface area contributed by atoms with Crippen molar-refractivity contribution in [3.63, 3.8) is 0 Å². The molecule has 2 N–H and O–H groups in total. The zero-order chi connectivity index (χ0) is 13.1. The first kappa shape index (κ1) is 14.2. The lowest BCUT2D eigenvalue weighted by atomic mass is 10.0. The van der Waals surface area contributed by atoms with Gasteiger partial charge in [-0.3, -0.25) is 14.3 Å². The number of halogens is 1. The molecule has 0 atom stereocenters. The van der Waals surface area contributed by atoms with Crippen molar-refractivity contribution in [1.29, 1.82) is 0 Å². The van der Waals surface area contributed by atoms with E-state index >= 15 is 0 Å². The van der Waals surface area contributed by atoms with Crippen LogP contribution in [0.25, 0.3) is 0 Å². The minimum absolute atomic E-state index is 0.0586. The van der Waals surface area contributed by atoms with Gasteiger partial charge < -0.3 is 5.32 Å². The highest BCUT2D eigenvalue weighted by Gasteiger charge is 2.13. The number of H-pyrrole nitrogens is 1. The van der Waals surface area contributed by atoms with Crippen LogP contribution < -0.4 is 16.6 Å². The van der Waals surface area contributed by atoms with Crippen molar-refractivity contribution in [1.82, 2.24) is 14.9 Å². The van der Waals surface area contributed by atoms with E-state index in [2.05, 4.69) is 47.0 Å².